The molecule has 0 spiro atoms. The van der Waals surface area contributed by atoms with E-state index in [2.05, 4.69) is 223 Å². The minimum absolute atomic E-state index is 0.0199. The second-order valence-corrected chi connectivity index (χ2v) is 23.9. The van der Waals surface area contributed by atoms with E-state index in [4.69, 9.17) is 0 Å². The lowest BCUT2D eigenvalue weighted by molar-refractivity contribution is 0.395. The van der Waals surface area contributed by atoms with Crippen molar-refractivity contribution in [2.24, 2.45) is 0 Å². The molecular weight excluding hydrogens is 929 g/mol. The molecule has 0 heterocycles. The van der Waals surface area contributed by atoms with Crippen LogP contribution in [0.3, 0.4) is 0 Å². The van der Waals surface area contributed by atoms with Crippen LogP contribution in [-0.2, 0) is 36.5 Å². The molecule has 404 valence electrons. The summed E-state index contributed by atoms with van der Waals surface area (Å²) < 4.78 is 0. The van der Waals surface area contributed by atoms with Gasteiger partial charge in [-0.05, 0) is 198 Å². The minimum atomic E-state index is -0.0701. The highest BCUT2D eigenvalue weighted by Crippen LogP contribution is 2.57. The van der Waals surface area contributed by atoms with Gasteiger partial charge in [0.05, 0.1) is 0 Å². The number of hydrogen-bond acceptors (Lipinski definition) is 2. The molecule has 2 nitrogen and oxygen atoms in total. The fourth-order valence-electron chi connectivity index (χ4n) is 13.2. The minimum Gasteiger partial charge on any atom is -0.336 e. The molecule has 0 unspecified atom stereocenters. The predicted octanol–water partition coefficient (Wildman–Crippen LogP) is 22.3. The molecule has 2 heteroatoms. The highest BCUT2D eigenvalue weighted by Gasteiger charge is 2.44. The Balaban J connectivity index is 1.04. The first-order valence-corrected chi connectivity index (χ1v) is 31.0. The Morgan fingerprint density at radius 2 is 0.883 bits per heavy atom. The lowest BCUT2D eigenvalue weighted by Crippen LogP contribution is -2.42. The summed E-state index contributed by atoms with van der Waals surface area (Å²) in [7, 11) is 0. The van der Waals surface area contributed by atoms with Gasteiger partial charge in [0.1, 0.15) is 0 Å². The van der Waals surface area contributed by atoms with E-state index in [-0.39, 0.29) is 16.4 Å². The average molecular weight is 1020 g/mol. The van der Waals surface area contributed by atoms with Crippen molar-refractivity contribution in [2.45, 2.75) is 213 Å². The number of rotatable bonds is 29. The number of aryl methyl sites for hydroxylation is 4. The number of fused-ring (bicyclic) bond motifs is 4. The number of unbranched alkanes of at least 4 members (excludes halogenated alkanes) is 10. The zero-order valence-corrected chi connectivity index (χ0v) is 49.0. The summed E-state index contributed by atoms with van der Waals surface area (Å²) in [5, 5.41) is 0. The molecule has 0 N–H and O–H groups in total. The molecule has 0 fully saturated rings. The van der Waals surface area contributed by atoms with Gasteiger partial charge < -0.3 is 9.80 Å². The van der Waals surface area contributed by atoms with Crippen LogP contribution < -0.4 is 9.80 Å². The van der Waals surface area contributed by atoms with Gasteiger partial charge >= 0.3 is 0 Å². The van der Waals surface area contributed by atoms with Crippen LogP contribution in [0, 0.1) is 0 Å². The van der Waals surface area contributed by atoms with E-state index >= 15 is 0 Å². The molecule has 0 bridgehead atoms. The quantitative estimate of drug-likeness (QED) is 0.0431. The Morgan fingerprint density at radius 1 is 0.403 bits per heavy atom. The Morgan fingerprint density at radius 3 is 1.44 bits per heavy atom. The van der Waals surface area contributed by atoms with E-state index in [0.29, 0.717) is 0 Å². The highest BCUT2D eigenvalue weighted by atomic mass is 15.2. The maximum atomic E-state index is 2.71. The lowest BCUT2D eigenvalue weighted by Gasteiger charge is -2.42. The summed E-state index contributed by atoms with van der Waals surface area (Å²) in [6.45, 7) is 19.1. The molecule has 9 rings (SSSR count). The van der Waals surface area contributed by atoms with Gasteiger partial charge in [0, 0.05) is 39.4 Å². The van der Waals surface area contributed by atoms with Crippen LogP contribution in [0.15, 0.2) is 158 Å². The molecule has 0 aliphatic heterocycles. The van der Waals surface area contributed by atoms with E-state index in [9.17, 15) is 0 Å². The van der Waals surface area contributed by atoms with E-state index < -0.39 is 0 Å². The monoisotopic (exact) mass is 1020 g/mol. The molecule has 0 aromatic heterocycles. The van der Waals surface area contributed by atoms with Crippen molar-refractivity contribution in [1.29, 1.82) is 0 Å². The Kier molecular flexibility index (Phi) is 18.7. The summed E-state index contributed by atoms with van der Waals surface area (Å²) in [6, 6.07) is 61.7. The van der Waals surface area contributed by atoms with Crippen LogP contribution in [-0.4, -0.2) is 5.54 Å². The van der Waals surface area contributed by atoms with Gasteiger partial charge in [-0.2, -0.15) is 0 Å². The number of nitrogens with zero attached hydrogens (tertiary/aromatic N) is 2. The molecule has 0 saturated carbocycles. The van der Waals surface area contributed by atoms with Crippen molar-refractivity contribution in [3.05, 3.63) is 197 Å². The van der Waals surface area contributed by atoms with Gasteiger partial charge in [-0.25, -0.2) is 0 Å². The largest absolute Gasteiger partial charge is 0.336 e. The topological polar surface area (TPSA) is 6.48 Å². The molecular formula is C75H94N2. The first-order chi connectivity index (χ1) is 37.6. The van der Waals surface area contributed by atoms with Crippen molar-refractivity contribution in [2.75, 3.05) is 9.80 Å². The van der Waals surface area contributed by atoms with E-state index in [0.717, 1.165) is 38.5 Å². The highest BCUT2D eigenvalue weighted by molar-refractivity contribution is 5.86. The van der Waals surface area contributed by atoms with Crippen LogP contribution in [0.4, 0.5) is 28.4 Å². The van der Waals surface area contributed by atoms with E-state index in [1.165, 1.54) is 170 Å². The lowest BCUT2D eigenvalue weighted by atomic mass is 9.69. The van der Waals surface area contributed by atoms with Crippen molar-refractivity contribution in [3.63, 3.8) is 0 Å². The fourth-order valence-corrected chi connectivity index (χ4v) is 13.2. The number of anilines is 5. The zero-order chi connectivity index (χ0) is 53.8. The normalized spacial score (nSPS) is 13.5. The van der Waals surface area contributed by atoms with Crippen LogP contribution in [0.5, 0.6) is 0 Å². The Labute approximate surface area is 467 Å². The van der Waals surface area contributed by atoms with Crippen molar-refractivity contribution in [3.8, 4) is 22.3 Å². The third-order valence-electron chi connectivity index (χ3n) is 19.3. The standard InChI is InChI=1S/C75H94N2/c1-9-15-17-19-21-26-52-75(53-27-22-20-18-16-10-2)71-55-63(73(7,11-3)12-4)42-50-69(71)70-51-49-68(56-72(70)75)76(64-28-24-23-25-29-64)65-45-47-67(48-46-65)77(74(8,13-5)14-6)66-43-40-60(41-44-66)59-35-32-57(33-36-59)30-31-58-34-37-61-38-39-62(61)54-58/h23-25,28-29,32-37,40-51,54-56H,9-22,26-27,30-31,38-39,52-53H2,1-8H3. The fraction of sp³-hybridized carbons (Fsp3) is 0.440. The smallest absolute Gasteiger partial charge is 0.0465 e. The third-order valence-corrected chi connectivity index (χ3v) is 19.3. The number of para-hydroxylation sites is 1. The van der Waals surface area contributed by atoms with Crippen molar-refractivity contribution in [1.82, 2.24) is 0 Å². The van der Waals surface area contributed by atoms with Crippen LogP contribution in [0.1, 0.15) is 210 Å². The van der Waals surface area contributed by atoms with Crippen LogP contribution in [0.2, 0.25) is 0 Å². The molecule has 0 atom stereocenters. The van der Waals surface area contributed by atoms with E-state index in [1.807, 2.05) is 0 Å². The summed E-state index contributed by atoms with van der Waals surface area (Å²) in [5.74, 6) is 0. The molecule has 2 aliphatic rings. The predicted molar refractivity (Wildman–Crippen MR) is 336 cm³/mol. The van der Waals surface area contributed by atoms with Gasteiger partial charge in [0.15, 0.2) is 0 Å². The van der Waals surface area contributed by atoms with Gasteiger partial charge in [0.2, 0.25) is 0 Å². The zero-order valence-electron chi connectivity index (χ0n) is 49.0. The van der Waals surface area contributed by atoms with E-state index in [1.54, 1.807) is 22.3 Å². The maximum absolute atomic E-state index is 2.71. The third kappa shape index (κ3) is 12.2. The average Bonchev–Trinajstić information content (AvgIpc) is 3.81. The number of hydrogen-bond donors (Lipinski definition) is 0. The van der Waals surface area contributed by atoms with Crippen LogP contribution >= 0.6 is 0 Å². The van der Waals surface area contributed by atoms with Gasteiger partial charge in [-0.15, -0.1) is 0 Å². The van der Waals surface area contributed by atoms with Crippen LogP contribution in [0.25, 0.3) is 22.3 Å². The molecule has 0 amide bonds. The first kappa shape index (κ1) is 55.9. The maximum Gasteiger partial charge on any atom is 0.0465 e. The molecule has 77 heavy (non-hydrogen) atoms. The summed E-state index contributed by atoms with van der Waals surface area (Å²) in [5.41, 5.74) is 22.2. The second kappa shape index (κ2) is 25.7. The van der Waals surface area contributed by atoms with Crippen molar-refractivity contribution < 1.29 is 0 Å². The SMILES string of the molecule is CCCCCCCCC1(CCCCCCCC)c2cc(N(c3ccccc3)c3ccc(N(c4ccc(-c5ccc(CCc6ccc7c(c6)CC7)cc5)cc4)C(C)(CC)CC)cc3)ccc2-c2ccc(C(C)(CC)CC)cc21. The Bertz CT molecular complexity index is 2940. The van der Waals surface area contributed by atoms with Crippen molar-refractivity contribution >= 4 is 28.4 Å². The molecule has 7 aromatic carbocycles. The molecule has 0 saturated heterocycles. The second-order valence-electron chi connectivity index (χ2n) is 23.9. The summed E-state index contributed by atoms with van der Waals surface area (Å²) in [6.07, 6.45) is 27.3. The van der Waals surface area contributed by atoms with Gasteiger partial charge in [-0.1, -0.05) is 223 Å². The number of benzene rings is 7. The summed E-state index contributed by atoms with van der Waals surface area (Å²) >= 11 is 0. The molecule has 0 radical (unpaired) electrons. The molecule has 2 aliphatic carbocycles. The summed E-state index contributed by atoms with van der Waals surface area (Å²) in [4.78, 5) is 5.13. The Hall–Kier alpha value is -5.86. The molecule has 7 aromatic rings. The van der Waals surface area contributed by atoms with Gasteiger partial charge in [0.25, 0.3) is 0 Å². The first-order valence-electron chi connectivity index (χ1n) is 31.0. The van der Waals surface area contributed by atoms with Gasteiger partial charge in [-0.3, -0.25) is 0 Å².